The molecule has 0 fully saturated rings. The highest BCUT2D eigenvalue weighted by Crippen LogP contribution is 2.24. The fourth-order valence-corrected chi connectivity index (χ4v) is 1.61. The summed E-state index contributed by atoms with van der Waals surface area (Å²) in [4.78, 5) is 17.7. The van der Waals surface area contributed by atoms with E-state index in [2.05, 4.69) is 22.1 Å². The Hall–Kier alpha value is -1.58. The second kappa shape index (κ2) is 3.65. The lowest BCUT2D eigenvalue weighted by atomic mass is 10.3. The first-order valence-corrected chi connectivity index (χ1v) is 4.81. The average molecular weight is 191 g/mol. The minimum atomic E-state index is 0.0650. The van der Waals surface area contributed by atoms with Gasteiger partial charge < -0.3 is 10.2 Å². The lowest BCUT2D eigenvalue weighted by molar-refractivity contribution is -0.115. The zero-order valence-electron chi connectivity index (χ0n) is 8.16. The van der Waals surface area contributed by atoms with Crippen LogP contribution in [0.25, 0.3) is 0 Å². The Morgan fingerprint density at radius 3 is 3.29 bits per heavy atom. The molecule has 1 aliphatic rings. The second-order valence-electron chi connectivity index (χ2n) is 3.25. The van der Waals surface area contributed by atoms with Gasteiger partial charge in [-0.1, -0.05) is 0 Å². The highest BCUT2D eigenvalue weighted by atomic mass is 16.1. The number of hydrogen-bond acceptors (Lipinski definition) is 3. The molecule has 0 aliphatic carbocycles. The Bertz CT molecular complexity index is 351. The topological polar surface area (TPSA) is 45.2 Å². The molecule has 0 saturated heterocycles. The van der Waals surface area contributed by atoms with Crippen molar-refractivity contribution in [1.82, 2.24) is 4.98 Å². The Kier molecular flexibility index (Phi) is 2.35. The van der Waals surface area contributed by atoms with Crippen molar-refractivity contribution in [2.24, 2.45) is 0 Å². The number of rotatable bonds is 1. The van der Waals surface area contributed by atoms with Gasteiger partial charge in [0.25, 0.3) is 0 Å². The maximum Gasteiger partial charge on any atom is 0.226 e. The summed E-state index contributed by atoms with van der Waals surface area (Å²) in [5.74, 6) is 0.941. The van der Waals surface area contributed by atoms with E-state index in [0.717, 1.165) is 24.6 Å². The molecule has 1 aliphatic heterocycles. The summed E-state index contributed by atoms with van der Waals surface area (Å²) in [7, 11) is 0. The van der Waals surface area contributed by atoms with Crippen molar-refractivity contribution in [3.05, 3.63) is 18.3 Å². The van der Waals surface area contributed by atoms with Gasteiger partial charge in [0.2, 0.25) is 5.91 Å². The number of nitrogens with zero attached hydrogens (tertiary/aromatic N) is 2. The van der Waals surface area contributed by atoms with Crippen molar-refractivity contribution >= 4 is 17.4 Å². The number of nitrogens with one attached hydrogen (secondary N) is 1. The molecule has 4 heteroatoms. The summed E-state index contributed by atoms with van der Waals surface area (Å²) >= 11 is 0. The Morgan fingerprint density at radius 1 is 1.64 bits per heavy atom. The van der Waals surface area contributed by atoms with E-state index in [-0.39, 0.29) is 5.91 Å². The molecule has 4 nitrogen and oxygen atoms in total. The Morgan fingerprint density at radius 2 is 2.50 bits per heavy atom. The molecule has 2 rings (SSSR count). The standard InChI is InChI=1S/C10H13N3O/c1-2-13-7-5-9(14)12-8-4-3-6-11-10(8)13/h3-4,6H,2,5,7H2,1H3,(H,12,14). The van der Waals surface area contributed by atoms with Gasteiger partial charge in [-0.25, -0.2) is 4.98 Å². The largest absolute Gasteiger partial charge is 0.355 e. The van der Waals surface area contributed by atoms with Gasteiger partial charge in [0.1, 0.15) is 0 Å². The SMILES string of the molecule is CCN1CCC(=O)Nc2cccnc21. The van der Waals surface area contributed by atoms with E-state index in [1.165, 1.54) is 0 Å². The van der Waals surface area contributed by atoms with Crippen LogP contribution in [0.5, 0.6) is 0 Å². The number of amides is 1. The number of carbonyl (C=O) groups excluding carboxylic acids is 1. The van der Waals surface area contributed by atoms with Crippen LogP contribution >= 0.6 is 0 Å². The summed E-state index contributed by atoms with van der Waals surface area (Å²) < 4.78 is 0. The number of anilines is 2. The van der Waals surface area contributed by atoms with E-state index in [1.54, 1.807) is 6.20 Å². The lowest BCUT2D eigenvalue weighted by Crippen LogP contribution is -2.24. The molecule has 0 unspecified atom stereocenters. The third-order valence-electron chi connectivity index (χ3n) is 2.35. The molecule has 1 aromatic rings. The van der Waals surface area contributed by atoms with Crippen LogP contribution in [-0.4, -0.2) is 24.0 Å². The van der Waals surface area contributed by atoms with E-state index in [4.69, 9.17) is 0 Å². The molecular formula is C10H13N3O. The van der Waals surface area contributed by atoms with E-state index >= 15 is 0 Å². The van der Waals surface area contributed by atoms with Gasteiger partial charge in [0.15, 0.2) is 5.82 Å². The zero-order valence-corrected chi connectivity index (χ0v) is 8.16. The zero-order chi connectivity index (χ0) is 9.97. The number of fused-ring (bicyclic) bond motifs is 1. The molecule has 74 valence electrons. The van der Waals surface area contributed by atoms with Crippen LogP contribution in [0.4, 0.5) is 11.5 Å². The van der Waals surface area contributed by atoms with E-state index in [0.29, 0.717) is 6.42 Å². The fraction of sp³-hybridized carbons (Fsp3) is 0.400. The van der Waals surface area contributed by atoms with Gasteiger partial charge in [-0.2, -0.15) is 0 Å². The van der Waals surface area contributed by atoms with Crippen molar-refractivity contribution < 1.29 is 4.79 Å². The molecule has 1 N–H and O–H groups in total. The third kappa shape index (κ3) is 1.55. The van der Waals surface area contributed by atoms with Crippen molar-refractivity contribution in [2.75, 3.05) is 23.3 Å². The van der Waals surface area contributed by atoms with Crippen LogP contribution in [0, 0.1) is 0 Å². The van der Waals surface area contributed by atoms with Gasteiger partial charge >= 0.3 is 0 Å². The molecule has 0 radical (unpaired) electrons. The molecule has 0 atom stereocenters. The fourth-order valence-electron chi connectivity index (χ4n) is 1.61. The monoisotopic (exact) mass is 191 g/mol. The van der Waals surface area contributed by atoms with Crippen LogP contribution in [0.1, 0.15) is 13.3 Å². The second-order valence-corrected chi connectivity index (χ2v) is 3.25. The first kappa shape index (κ1) is 8.99. The molecule has 0 spiro atoms. The smallest absolute Gasteiger partial charge is 0.226 e. The third-order valence-corrected chi connectivity index (χ3v) is 2.35. The predicted octanol–water partition coefficient (Wildman–Crippen LogP) is 1.25. The van der Waals surface area contributed by atoms with Gasteiger partial charge in [0, 0.05) is 25.7 Å². The van der Waals surface area contributed by atoms with Crippen LogP contribution in [0.2, 0.25) is 0 Å². The highest BCUT2D eigenvalue weighted by Gasteiger charge is 2.17. The summed E-state index contributed by atoms with van der Waals surface area (Å²) in [6.07, 6.45) is 2.28. The molecule has 0 saturated carbocycles. The number of pyridine rings is 1. The lowest BCUT2D eigenvalue weighted by Gasteiger charge is -2.20. The maximum absolute atomic E-state index is 11.3. The summed E-state index contributed by atoms with van der Waals surface area (Å²) in [6.45, 7) is 3.68. The van der Waals surface area contributed by atoms with Crippen molar-refractivity contribution in [3.63, 3.8) is 0 Å². The quantitative estimate of drug-likeness (QED) is 0.726. The van der Waals surface area contributed by atoms with Crippen molar-refractivity contribution in [1.29, 1.82) is 0 Å². The number of aromatic nitrogens is 1. The van der Waals surface area contributed by atoms with Crippen molar-refractivity contribution in [2.45, 2.75) is 13.3 Å². The minimum Gasteiger partial charge on any atom is -0.355 e. The number of carbonyl (C=O) groups is 1. The first-order valence-electron chi connectivity index (χ1n) is 4.81. The molecule has 14 heavy (non-hydrogen) atoms. The molecule has 1 aromatic heterocycles. The molecule has 0 aromatic carbocycles. The van der Waals surface area contributed by atoms with Gasteiger partial charge in [-0.05, 0) is 19.1 Å². The normalized spacial score (nSPS) is 15.8. The van der Waals surface area contributed by atoms with Crippen molar-refractivity contribution in [3.8, 4) is 0 Å². The van der Waals surface area contributed by atoms with E-state index in [1.807, 2.05) is 12.1 Å². The van der Waals surface area contributed by atoms with E-state index < -0.39 is 0 Å². The summed E-state index contributed by atoms with van der Waals surface area (Å²) in [6, 6.07) is 3.71. The Labute approximate surface area is 82.9 Å². The molecule has 1 amide bonds. The predicted molar refractivity (Wildman–Crippen MR) is 55.4 cm³/mol. The van der Waals surface area contributed by atoms with Gasteiger partial charge in [-0.15, -0.1) is 0 Å². The average Bonchev–Trinajstić information content (AvgIpc) is 2.36. The van der Waals surface area contributed by atoms with E-state index in [9.17, 15) is 4.79 Å². The first-order chi connectivity index (χ1) is 6.81. The molecule has 0 bridgehead atoms. The summed E-state index contributed by atoms with van der Waals surface area (Å²) in [5.41, 5.74) is 0.817. The summed E-state index contributed by atoms with van der Waals surface area (Å²) in [5, 5.41) is 2.84. The molecular weight excluding hydrogens is 178 g/mol. The highest BCUT2D eigenvalue weighted by molar-refractivity contribution is 5.95. The Balaban J connectivity index is 2.40. The molecule has 2 heterocycles. The van der Waals surface area contributed by atoms with Crippen LogP contribution in [0.15, 0.2) is 18.3 Å². The van der Waals surface area contributed by atoms with Gasteiger partial charge in [-0.3, -0.25) is 4.79 Å². The van der Waals surface area contributed by atoms with Crippen LogP contribution < -0.4 is 10.2 Å². The van der Waals surface area contributed by atoms with Gasteiger partial charge in [0.05, 0.1) is 5.69 Å². The number of hydrogen-bond donors (Lipinski definition) is 1. The minimum absolute atomic E-state index is 0.0650. The van der Waals surface area contributed by atoms with Crippen LogP contribution in [0.3, 0.4) is 0 Å². The van der Waals surface area contributed by atoms with Crippen LogP contribution in [-0.2, 0) is 4.79 Å². The maximum atomic E-state index is 11.3.